The van der Waals surface area contributed by atoms with E-state index in [9.17, 15) is 4.79 Å². The molecule has 106 valence electrons. The number of carboxylic acid groups (broad SMARTS) is 1. The first-order chi connectivity index (χ1) is 8.93. The minimum absolute atomic E-state index is 0.0548. The molecule has 2 unspecified atom stereocenters. The number of ether oxygens (including phenoxy) is 2. The zero-order valence-corrected chi connectivity index (χ0v) is 11.6. The normalized spacial score (nSPS) is 13.7. The molecular formula is C14H21NO4. The molecule has 0 amide bonds. The van der Waals surface area contributed by atoms with E-state index in [4.69, 9.17) is 20.3 Å². The fourth-order valence-corrected chi connectivity index (χ4v) is 1.66. The maximum Gasteiger partial charge on any atom is 0.344 e. The van der Waals surface area contributed by atoms with Crippen molar-refractivity contribution in [3.63, 3.8) is 0 Å². The molecule has 1 aromatic rings. The molecule has 3 N–H and O–H groups in total. The van der Waals surface area contributed by atoms with Crippen LogP contribution in [0.15, 0.2) is 18.2 Å². The highest BCUT2D eigenvalue weighted by molar-refractivity contribution is 5.72. The molecule has 0 aliphatic rings. The van der Waals surface area contributed by atoms with Gasteiger partial charge in [-0.15, -0.1) is 0 Å². The van der Waals surface area contributed by atoms with Gasteiger partial charge in [0.15, 0.2) is 17.6 Å². The summed E-state index contributed by atoms with van der Waals surface area (Å²) in [6.45, 7) is 5.76. The molecule has 0 bridgehead atoms. The summed E-state index contributed by atoms with van der Waals surface area (Å²) in [5.74, 6) is -0.0268. The van der Waals surface area contributed by atoms with Gasteiger partial charge in [0, 0.05) is 6.04 Å². The van der Waals surface area contributed by atoms with Gasteiger partial charge in [0.25, 0.3) is 0 Å². The Morgan fingerprint density at radius 1 is 1.37 bits per heavy atom. The third-order valence-corrected chi connectivity index (χ3v) is 2.52. The Balaban J connectivity index is 2.93. The molecular weight excluding hydrogens is 246 g/mol. The van der Waals surface area contributed by atoms with Crippen molar-refractivity contribution < 1.29 is 19.4 Å². The molecule has 0 radical (unpaired) electrons. The van der Waals surface area contributed by atoms with Crippen LogP contribution in [-0.2, 0) is 11.2 Å². The Bertz CT molecular complexity index is 431. The molecule has 5 nitrogen and oxygen atoms in total. The van der Waals surface area contributed by atoms with Crippen LogP contribution in [0.5, 0.6) is 11.5 Å². The fraction of sp³-hybridized carbons (Fsp3) is 0.500. The highest BCUT2D eigenvalue weighted by Gasteiger charge is 2.16. The molecule has 0 aromatic heterocycles. The molecule has 5 heteroatoms. The van der Waals surface area contributed by atoms with Crippen molar-refractivity contribution in [2.24, 2.45) is 5.73 Å². The first kappa shape index (κ1) is 15.3. The van der Waals surface area contributed by atoms with Gasteiger partial charge >= 0.3 is 5.97 Å². The van der Waals surface area contributed by atoms with Crippen molar-refractivity contribution in [1.29, 1.82) is 0 Å². The SMILES string of the molecule is CCOc1cc(CC(C)N)ccc1OC(C)C(=O)O. The van der Waals surface area contributed by atoms with Crippen molar-refractivity contribution >= 4 is 5.97 Å². The minimum atomic E-state index is -1.01. The minimum Gasteiger partial charge on any atom is -0.490 e. The van der Waals surface area contributed by atoms with E-state index >= 15 is 0 Å². The van der Waals surface area contributed by atoms with Gasteiger partial charge in [-0.1, -0.05) is 6.07 Å². The summed E-state index contributed by atoms with van der Waals surface area (Å²) in [4.78, 5) is 10.8. The smallest absolute Gasteiger partial charge is 0.344 e. The number of carboxylic acids is 1. The fourth-order valence-electron chi connectivity index (χ4n) is 1.66. The van der Waals surface area contributed by atoms with Crippen molar-refractivity contribution in [3.8, 4) is 11.5 Å². The van der Waals surface area contributed by atoms with Crippen LogP contribution in [0.3, 0.4) is 0 Å². The summed E-state index contributed by atoms with van der Waals surface area (Å²) in [6.07, 6.45) is -0.187. The Hall–Kier alpha value is -1.75. The number of hydrogen-bond donors (Lipinski definition) is 2. The van der Waals surface area contributed by atoms with E-state index in [0.29, 0.717) is 18.1 Å². The van der Waals surface area contributed by atoms with Crippen LogP contribution in [0, 0.1) is 0 Å². The zero-order valence-electron chi connectivity index (χ0n) is 11.6. The van der Waals surface area contributed by atoms with Gasteiger partial charge < -0.3 is 20.3 Å². The average molecular weight is 267 g/mol. The van der Waals surface area contributed by atoms with Crippen LogP contribution in [0.2, 0.25) is 0 Å². The second-order valence-electron chi connectivity index (χ2n) is 4.49. The molecule has 0 saturated carbocycles. The Morgan fingerprint density at radius 2 is 2.05 bits per heavy atom. The van der Waals surface area contributed by atoms with Crippen LogP contribution in [0.1, 0.15) is 26.3 Å². The molecule has 0 fully saturated rings. The molecule has 0 heterocycles. The van der Waals surface area contributed by atoms with E-state index in [1.54, 1.807) is 6.07 Å². The van der Waals surface area contributed by atoms with Gasteiger partial charge in [-0.2, -0.15) is 0 Å². The molecule has 1 aromatic carbocycles. The largest absolute Gasteiger partial charge is 0.490 e. The summed E-state index contributed by atoms with van der Waals surface area (Å²) >= 11 is 0. The second-order valence-corrected chi connectivity index (χ2v) is 4.49. The molecule has 0 aliphatic carbocycles. The Labute approximate surface area is 113 Å². The van der Waals surface area contributed by atoms with Crippen molar-refractivity contribution in [1.82, 2.24) is 0 Å². The number of carbonyl (C=O) groups is 1. The van der Waals surface area contributed by atoms with Crippen molar-refractivity contribution in [2.45, 2.75) is 39.3 Å². The lowest BCUT2D eigenvalue weighted by molar-refractivity contribution is -0.144. The summed E-state index contributed by atoms with van der Waals surface area (Å²) in [5, 5.41) is 8.86. The average Bonchev–Trinajstić information content (AvgIpc) is 2.31. The van der Waals surface area contributed by atoms with E-state index in [1.165, 1.54) is 6.92 Å². The predicted molar refractivity (Wildman–Crippen MR) is 72.7 cm³/mol. The van der Waals surface area contributed by atoms with Gasteiger partial charge in [0.2, 0.25) is 0 Å². The van der Waals surface area contributed by atoms with Crippen LogP contribution >= 0.6 is 0 Å². The lowest BCUT2D eigenvalue weighted by Gasteiger charge is -2.16. The van der Waals surface area contributed by atoms with Crippen LogP contribution in [-0.4, -0.2) is 29.8 Å². The molecule has 0 saturated heterocycles. The number of aliphatic carboxylic acids is 1. The number of hydrogen-bond acceptors (Lipinski definition) is 4. The van der Waals surface area contributed by atoms with Gasteiger partial charge in [-0.3, -0.25) is 0 Å². The van der Waals surface area contributed by atoms with Gasteiger partial charge in [0.05, 0.1) is 6.61 Å². The van der Waals surface area contributed by atoms with Gasteiger partial charge in [-0.05, 0) is 44.9 Å². The van der Waals surface area contributed by atoms with Crippen molar-refractivity contribution in [3.05, 3.63) is 23.8 Å². The van der Waals surface area contributed by atoms with E-state index < -0.39 is 12.1 Å². The molecule has 19 heavy (non-hydrogen) atoms. The van der Waals surface area contributed by atoms with Crippen LogP contribution in [0.25, 0.3) is 0 Å². The maximum atomic E-state index is 10.8. The van der Waals surface area contributed by atoms with Crippen LogP contribution in [0.4, 0.5) is 0 Å². The molecule has 0 spiro atoms. The second kappa shape index (κ2) is 6.99. The van der Waals surface area contributed by atoms with E-state index in [2.05, 4.69) is 0 Å². The Morgan fingerprint density at radius 3 is 2.58 bits per heavy atom. The number of benzene rings is 1. The topological polar surface area (TPSA) is 81.8 Å². The van der Waals surface area contributed by atoms with E-state index in [-0.39, 0.29) is 6.04 Å². The molecule has 0 aliphatic heterocycles. The van der Waals surface area contributed by atoms with E-state index in [1.807, 2.05) is 26.0 Å². The van der Waals surface area contributed by atoms with Gasteiger partial charge in [0.1, 0.15) is 0 Å². The first-order valence-corrected chi connectivity index (χ1v) is 6.34. The summed E-state index contributed by atoms with van der Waals surface area (Å²) in [7, 11) is 0. The lowest BCUT2D eigenvalue weighted by atomic mass is 10.1. The third-order valence-electron chi connectivity index (χ3n) is 2.52. The zero-order chi connectivity index (χ0) is 14.4. The first-order valence-electron chi connectivity index (χ1n) is 6.34. The number of nitrogens with two attached hydrogens (primary N) is 1. The van der Waals surface area contributed by atoms with E-state index in [0.717, 1.165) is 12.0 Å². The number of rotatable bonds is 7. The summed E-state index contributed by atoms with van der Waals surface area (Å²) in [6, 6.07) is 5.49. The monoisotopic (exact) mass is 267 g/mol. The van der Waals surface area contributed by atoms with Gasteiger partial charge in [-0.25, -0.2) is 4.79 Å². The Kier molecular flexibility index (Phi) is 5.63. The molecule has 2 atom stereocenters. The van der Waals surface area contributed by atoms with Crippen LogP contribution < -0.4 is 15.2 Å². The quantitative estimate of drug-likeness (QED) is 0.787. The summed E-state index contributed by atoms with van der Waals surface area (Å²) < 4.78 is 10.8. The maximum absolute atomic E-state index is 10.8. The van der Waals surface area contributed by atoms with Crippen molar-refractivity contribution in [2.75, 3.05) is 6.61 Å². The third kappa shape index (κ3) is 4.79. The highest BCUT2D eigenvalue weighted by Crippen LogP contribution is 2.29. The molecule has 1 rings (SSSR count). The highest BCUT2D eigenvalue weighted by atomic mass is 16.5. The standard InChI is InChI=1S/C14H21NO4/c1-4-18-13-8-11(7-9(2)15)5-6-12(13)19-10(3)14(16)17/h5-6,8-10H,4,7,15H2,1-3H3,(H,16,17). The predicted octanol–water partition coefficient (Wildman–Crippen LogP) is 1.83. The lowest BCUT2D eigenvalue weighted by Crippen LogP contribution is -2.23. The summed E-state index contributed by atoms with van der Waals surface area (Å²) in [5.41, 5.74) is 6.79.